The van der Waals surface area contributed by atoms with Crippen molar-refractivity contribution in [3.8, 4) is 0 Å². The smallest absolute Gasteiger partial charge is 0.243 e. The lowest BCUT2D eigenvalue weighted by atomic mass is 9.54. The van der Waals surface area contributed by atoms with Crippen LogP contribution in [0.25, 0.3) is 0 Å². The monoisotopic (exact) mass is 332 g/mol. The van der Waals surface area contributed by atoms with Gasteiger partial charge in [-0.1, -0.05) is 27.2 Å². The summed E-state index contributed by atoms with van der Waals surface area (Å²) in [5.74, 6) is 0.798. The zero-order valence-corrected chi connectivity index (χ0v) is 15.4. The molecule has 1 saturated carbocycles. The van der Waals surface area contributed by atoms with Gasteiger partial charge >= 0.3 is 0 Å². The van der Waals surface area contributed by atoms with Gasteiger partial charge < -0.3 is 15.4 Å². The number of amides is 1. The molecule has 5 heteroatoms. The molecule has 2 rings (SSSR count). The average molecular weight is 333 g/mol. The minimum Gasteiger partial charge on any atom is -0.378 e. The van der Waals surface area contributed by atoms with Gasteiger partial charge in [0, 0.05) is 31.5 Å². The Kier molecular flexibility index (Phi) is 6.72. The van der Waals surface area contributed by atoms with Gasteiger partial charge in [0.1, 0.15) is 5.54 Å². The van der Waals surface area contributed by atoms with E-state index in [1.54, 1.807) is 0 Å². The number of nitrogens with two attached hydrogens (primary N) is 1. The molecule has 1 saturated heterocycles. The van der Waals surface area contributed by atoms with E-state index in [1.165, 1.54) is 19.3 Å². The molecule has 1 aliphatic carbocycles. The Labute approximate surface area is 141 Å². The fourth-order valence-corrected chi connectivity index (χ4v) is 3.97. The number of likely N-dealkylation sites (tertiary alicyclic amines) is 1. The number of ether oxygens (including phenoxy) is 1. The van der Waals surface area contributed by atoms with Crippen LogP contribution in [0.5, 0.6) is 0 Å². The average Bonchev–Trinajstić information content (AvgIpc) is 2.46. The summed E-state index contributed by atoms with van der Waals surface area (Å²) >= 11 is 0. The van der Waals surface area contributed by atoms with Gasteiger partial charge in [0.25, 0.3) is 0 Å². The van der Waals surface area contributed by atoms with Gasteiger partial charge in [0.2, 0.25) is 5.91 Å². The second kappa shape index (κ2) is 7.50. The zero-order chi connectivity index (χ0) is 15.7. The second-order valence-corrected chi connectivity index (χ2v) is 7.39. The first-order valence-corrected chi connectivity index (χ1v) is 8.56. The van der Waals surface area contributed by atoms with Crippen molar-refractivity contribution in [2.24, 2.45) is 17.1 Å². The molecule has 4 nitrogen and oxygen atoms in total. The maximum Gasteiger partial charge on any atom is 0.243 e. The molecule has 130 valence electrons. The van der Waals surface area contributed by atoms with Gasteiger partial charge in [-0.3, -0.25) is 4.79 Å². The van der Waals surface area contributed by atoms with E-state index < -0.39 is 5.54 Å². The van der Waals surface area contributed by atoms with Crippen LogP contribution in [-0.2, 0) is 9.53 Å². The van der Waals surface area contributed by atoms with Gasteiger partial charge in [0.15, 0.2) is 0 Å². The number of carbonyl (C=O) groups excluding carboxylic acids is 1. The number of halogens is 1. The van der Waals surface area contributed by atoms with E-state index in [9.17, 15) is 4.79 Å². The molecule has 0 radical (unpaired) electrons. The molecule has 3 unspecified atom stereocenters. The van der Waals surface area contributed by atoms with Crippen molar-refractivity contribution in [2.45, 2.75) is 71.4 Å². The van der Waals surface area contributed by atoms with Crippen molar-refractivity contribution in [1.29, 1.82) is 0 Å². The summed E-state index contributed by atoms with van der Waals surface area (Å²) in [4.78, 5) is 15.0. The Morgan fingerprint density at radius 3 is 2.59 bits per heavy atom. The van der Waals surface area contributed by atoms with Crippen molar-refractivity contribution < 1.29 is 9.53 Å². The van der Waals surface area contributed by atoms with Crippen LogP contribution in [0.1, 0.15) is 59.8 Å². The lowest BCUT2D eigenvalue weighted by Crippen LogP contribution is -2.76. The van der Waals surface area contributed by atoms with Crippen LogP contribution in [0.3, 0.4) is 0 Å². The number of carbonyl (C=O) groups is 1. The number of rotatable bonds is 5. The molecule has 2 fully saturated rings. The van der Waals surface area contributed by atoms with Crippen LogP contribution in [0.2, 0.25) is 0 Å². The summed E-state index contributed by atoms with van der Waals surface area (Å²) in [6.07, 6.45) is 5.53. The molecule has 0 aromatic heterocycles. The number of nitrogens with zero attached hydrogens (tertiary/aromatic N) is 1. The number of hydrogen-bond acceptors (Lipinski definition) is 3. The lowest BCUT2D eigenvalue weighted by Gasteiger charge is -2.59. The van der Waals surface area contributed by atoms with Crippen LogP contribution < -0.4 is 5.73 Å². The third-order valence-electron chi connectivity index (χ3n) is 5.71. The van der Waals surface area contributed by atoms with Crippen LogP contribution in [-0.4, -0.2) is 42.1 Å². The highest BCUT2D eigenvalue weighted by Crippen LogP contribution is 2.50. The molecule has 0 aromatic carbocycles. The molecular weight excluding hydrogens is 300 g/mol. The van der Waals surface area contributed by atoms with E-state index in [1.807, 2.05) is 11.8 Å². The normalized spacial score (nSPS) is 33.8. The van der Waals surface area contributed by atoms with E-state index >= 15 is 0 Å². The predicted octanol–water partition coefficient (Wildman–Crippen LogP) is 2.98. The molecular formula is C17H33ClN2O2. The summed E-state index contributed by atoms with van der Waals surface area (Å²) in [5.41, 5.74) is 5.49. The first-order valence-electron chi connectivity index (χ1n) is 8.56. The van der Waals surface area contributed by atoms with Crippen LogP contribution >= 0.6 is 12.4 Å². The Hall–Kier alpha value is -0.320. The lowest BCUT2D eigenvalue weighted by molar-refractivity contribution is -0.180. The Morgan fingerprint density at radius 2 is 2.05 bits per heavy atom. The quantitative estimate of drug-likeness (QED) is 0.842. The minimum atomic E-state index is -0.749. The first-order chi connectivity index (χ1) is 9.86. The molecule has 0 aromatic rings. The van der Waals surface area contributed by atoms with E-state index in [0.29, 0.717) is 18.9 Å². The molecule has 2 N–H and O–H groups in total. The third-order valence-corrected chi connectivity index (χ3v) is 5.71. The number of piperidine rings is 1. The summed E-state index contributed by atoms with van der Waals surface area (Å²) in [6, 6.07) is 0. The van der Waals surface area contributed by atoms with Gasteiger partial charge in [-0.15, -0.1) is 12.4 Å². The molecule has 3 atom stereocenters. The Morgan fingerprint density at radius 1 is 1.36 bits per heavy atom. The molecule has 0 bridgehead atoms. The van der Waals surface area contributed by atoms with Crippen molar-refractivity contribution in [2.75, 3.05) is 19.7 Å². The third kappa shape index (κ3) is 3.29. The van der Waals surface area contributed by atoms with E-state index in [2.05, 4.69) is 20.8 Å². The van der Waals surface area contributed by atoms with Crippen LogP contribution in [0, 0.1) is 11.3 Å². The van der Waals surface area contributed by atoms with Gasteiger partial charge in [-0.25, -0.2) is 0 Å². The van der Waals surface area contributed by atoms with E-state index in [0.717, 1.165) is 19.5 Å². The van der Waals surface area contributed by atoms with Crippen LogP contribution in [0.15, 0.2) is 0 Å². The van der Waals surface area contributed by atoms with E-state index in [4.69, 9.17) is 10.5 Å². The highest BCUT2D eigenvalue weighted by molar-refractivity contribution is 5.89. The molecule has 22 heavy (non-hydrogen) atoms. The topological polar surface area (TPSA) is 55.6 Å². The maximum atomic E-state index is 13.0. The summed E-state index contributed by atoms with van der Waals surface area (Å²) < 4.78 is 5.73. The Balaban J connectivity index is 0.00000242. The summed E-state index contributed by atoms with van der Waals surface area (Å²) in [5, 5.41) is 0. The summed E-state index contributed by atoms with van der Waals surface area (Å²) in [6.45, 7) is 10.8. The molecule has 1 heterocycles. The van der Waals surface area contributed by atoms with Crippen molar-refractivity contribution >= 4 is 18.3 Å². The molecule has 1 amide bonds. The van der Waals surface area contributed by atoms with Gasteiger partial charge in [0.05, 0.1) is 6.10 Å². The largest absolute Gasteiger partial charge is 0.378 e. The summed E-state index contributed by atoms with van der Waals surface area (Å²) in [7, 11) is 0. The van der Waals surface area contributed by atoms with Gasteiger partial charge in [-0.05, 0) is 32.1 Å². The highest BCUT2D eigenvalue weighted by atomic mass is 35.5. The van der Waals surface area contributed by atoms with Crippen LogP contribution in [0.4, 0.5) is 0 Å². The second-order valence-electron chi connectivity index (χ2n) is 7.39. The molecule has 1 aliphatic heterocycles. The fraction of sp³-hybridized carbons (Fsp3) is 0.941. The standard InChI is InChI=1S/C17H32N2O2.ClH/c1-5-8-13-9-7-10-19(12-13)15(20)17(18)11-14(21-6-2)16(17,3)4;/h13-14H,5-12,18H2,1-4H3;1H. The predicted molar refractivity (Wildman–Crippen MR) is 92.2 cm³/mol. The minimum absolute atomic E-state index is 0. The Bertz CT molecular complexity index is 387. The SMILES string of the molecule is CCCC1CCCN(C(=O)C2(N)CC(OCC)C2(C)C)C1.Cl. The van der Waals surface area contributed by atoms with Crippen molar-refractivity contribution in [3.05, 3.63) is 0 Å². The van der Waals surface area contributed by atoms with Crippen molar-refractivity contribution in [3.63, 3.8) is 0 Å². The highest BCUT2D eigenvalue weighted by Gasteiger charge is 2.63. The maximum absolute atomic E-state index is 13.0. The van der Waals surface area contributed by atoms with Gasteiger partial charge in [-0.2, -0.15) is 0 Å². The molecule has 2 aliphatic rings. The molecule has 0 spiro atoms. The fourth-order valence-electron chi connectivity index (χ4n) is 3.97. The first kappa shape index (κ1) is 19.7. The zero-order valence-electron chi connectivity index (χ0n) is 14.6. The number of hydrogen-bond donors (Lipinski definition) is 1. The van der Waals surface area contributed by atoms with Crippen molar-refractivity contribution in [1.82, 2.24) is 4.90 Å². The van der Waals surface area contributed by atoms with E-state index in [-0.39, 0.29) is 29.8 Å².